The van der Waals surface area contributed by atoms with Crippen molar-refractivity contribution in [1.29, 1.82) is 0 Å². The summed E-state index contributed by atoms with van der Waals surface area (Å²) in [4.78, 5) is 11.1. The van der Waals surface area contributed by atoms with Crippen LogP contribution in [-0.2, 0) is 11.3 Å². The first kappa shape index (κ1) is 14.1. The molecule has 6 heteroatoms. The Morgan fingerprint density at radius 2 is 2.05 bits per heavy atom. The van der Waals surface area contributed by atoms with E-state index in [4.69, 9.17) is 14.9 Å². The number of hydroxylamine groups is 2. The number of nitrogens with two attached hydrogens (primary N) is 1. The van der Waals surface area contributed by atoms with Crippen molar-refractivity contribution >= 4 is 6.03 Å². The SMILES string of the molecule is NC(=O)N(O)C(COCc1ccccc1)c1ccco1. The molecule has 6 nitrogen and oxygen atoms in total. The van der Waals surface area contributed by atoms with Crippen LogP contribution in [0, 0.1) is 0 Å². The minimum Gasteiger partial charge on any atom is -0.467 e. The van der Waals surface area contributed by atoms with Gasteiger partial charge < -0.3 is 14.9 Å². The van der Waals surface area contributed by atoms with Crippen LogP contribution in [0.5, 0.6) is 0 Å². The number of benzene rings is 1. The molecule has 0 bridgehead atoms. The molecule has 106 valence electrons. The van der Waals surface area contributed by atoms with E-state index in [9.17, 15) is 10.0 Å². The van der Waals surface area contributed by atoms with E-state index in [2.05, 4.69) is 0 Å². The average Bonchev–Trinajstić information content (AvgIpc) is 2.98. The maximum absolute atomic E-state index is 11.1. The van der Waals surface area contributed by atoms with Gasteiger partial charge in [-0.25, -0.2) is 4.79 Å². The Kier molecular flexibility index (Phi) is 4.75. The van der Waals surface area contributed by atoms with Crippen molar-refractivity contribution in [3.05, 3.63) is 60.1 Å². The zero-order valence-corrected chi connectivity index (χ0v) is 10.8. The van der Waals surface area contributed by atoms with Crippen LogP contribution in [0.2, 0.25) is 0 Å². The van der Waals surface area contributed by atoms with E-state index >= 15 is 0 Å². The summed E-state index contributed by atoms with van der Waals surface area (Å²) in [5, 5.41) is 10.1. The summed E-state index contributed by atoms with van der Waals surface area (Å²) in [7, 11) is 0. The average molecular weight is 276 g/mol. The van der Waals surface area contributed by atoms with Crippen LogP contribution in [0.15, 0.2) is 53.1 Å². The van der Waals surface area contributed by atoms with Gasteiger partial charge in [0, 0.05) is 0 Å². The molecule has 2 rings (SSSR count). The van der Waals surface area contributed by atoms with Gasteiger partial charge in [0.1, 0.15) is 11.8 Å². The van der Waals surface area contributed by atoms with Crippen molar-refractivity contribution in [1.82, 2.24) is 5.06 Å². The van der Waals surface area contributed by atoms with Gasteiger partial charge in [-0.15, -0.1) is 0 Å². The van der Waals surface area contributed by atoms with Crippen LogP contribution in [0.4, 0.5) is 4.79 Å². The standard InChI is InChI=1S/C14H16N2O4/c15-14(17)16(18)12(13-7-4-8-20-13)10-19-9-11-5-2-1-3-6-11/h1-8,12,18H,9-10H2,(H2,15,17). The van der Waals surface area contributed by atoms with E-state index in [1.54, 1.807) is 12.1 Å². The summed E-state index contributed by atoms with van der Waals surface area (Å²) in [6.45, 7) is 0.437. The Labute approximate surface area is 116 Å². The summed E-state index contributed by atoms with van der Waals surface area (Å²) in [6, 6.07) is 11.1. The molecule has 1 atom stereocenters. The second kappa shape index (κ2) is 6.74. The Balaban J connectivity index is 1.96. The lowest BCUT2D eigenvalue weighted by molar-refractivity contribution is -0.105. The van der Waals surface area contributed by atoms with Crippen LogP contribution < -0.4 is 5.73 Å². The van der Waals surface area contributed by atoms with Gasteiger partial charge >= 0.3 is 6.03 Å². The molecule has 1 aromatic carbocycles. The van der Waals surface area contributed by atoms with Gasteiger partial charge in [-0.05, 0) is 17.7 Å². The number of ether oxygens (including phenoxy) is 1. The highest BCUT2D eigenvalue weighted by Gasteiger charge is 2.24. The Morgan fingerprint density at radius 3 is 2.65 bits per heavy atom. The number of carbonyl (C=O) groups excluding carboxylic acids is 1. The molecule has 0 aliphatic carbocycles. The molecule has 1 heterocycles. The number of rotatable bonds is 6. The fourth-order valence-electron chi connectivity index (χ4n) is 1.77. The maximum atomic E-state index is 11.1. The molecule has 0 saturated heterocycles. The van der Waals surface area contributed by atoms with Crippen molar-refractivity contribution in [2.75, 3.05) is 6.61 Å². The third kappa shape index (κ3) is 3.59. The third-order valence-electron chi connectivity index (χ3n) is 2.78. The number of urea groups is 1. The number of carbonyl (C=O) groups is 1. The summed E-state index contributed by atoms with van der Waals surface area (Å²) >= 11 is 0. The highest BCUT2D eigenvalue weighted by Crippen LogP contribution is 2.20. The zero-order chi connectivity index (χ0) is 14.4. The topological polar surface area (TPSA) is 88.9 Å². The van der Waals surface area contributed by atoms with Gasteiger partial charge in [0.15, 0.2) is 0 Å². The van der Waals surface area contributed by atoms with Gasteiger partial charge in [-0.1, -0.05) is 30.3 Å². The monoisotopic (exact) mass is 276 g/mol. The van der Waals surface area contributed by atoms with E-state index in [1.165, 1.54) is 6.26 Å². The number of hydrogen-bond donors (Lipinski definition) is 2. The summed E-state index contributed by atoms with van der Waals surface area (Å²) < 4.78 is 10.7. The maximum Gasteiger partial charge on any atom is 0.339 e. The van der Waals surface area contributed by atoms with Crippen molar-refractivity contribution in [2.45, 2.75) is 12.6 Å². The molecule has 0 fully saturated rings. The normalized spacial score (nSPS) is 12.1. The van der Waals surface area contributed by atoms with Crippen molar-refractivity contribution in [2.24, 2.45) is 5.73 Å². The van der Waals surface area contributed by atoms with Gasteiger partial charge in [0.2, 0.25) is 0 Å². The molecule has 1 aromatic heterocycles. The van der Waals surface area contributed by atoms with Gasteiger partial charge in [0.05, 0.1) is 19.5 Å². The minimum atomic E-state index is -0.963. The molecular formula is C14H16N2O4. The largest absolute Gasteiger partial charge is 0.467 e. The first-order chi connectivity index (χ1) is 9.68. The van der Waals surface area contributed by atoms with Gasteiger partial charge in [0.25, 0.3) is 0 Å². The summed E-state index contributed by atoms with van der Waals surface area (Å²) in [5.41, 5.74) is 6.06. The third-order valence-corrected chi connectivity index (χ3v) is 2.78. The predicted octanol–water partition coefficient (Wildman–Crippen LogP) is 2.31. The highest BCUT2D eigenvalue weighted by atomic mass is 16.5. The number of primary amides is 1. The Bertz CT molecular complexity index is 527. The molecule has 2 amide bonds. The van der Waals surface area contributed by atoms with Crippen LogP contribution >= 0.6 is 0 Å². The molecule has 20 heavy (non-hydrogen) atoms. The van der Waals surface area contributed by atoms with Gasteiger partial charge in [-0.2, -0.15) is 5.06 Å². The molecule has 0 aliphatic rings. The fourth-order valence-corrected chi connectivity index (χ4v) is 1.77. The first-order valence-electron chi connectivity index (χ1n) is 6.11. The first-order valence-corrected chi connectivity index (χ1v) is 6.11. The molecule has 2 aromatic rings. The fraction of sp³-hybridized carbons (Fsp3) is 0.214. The minimum absolute atomic E-state index is 0.0713. The molecule has 3 N–H and O–H groups in total. The molecule has 1 unspecified atom stereocenters. The summed E-state index contributed by atoms with van der Waals surface area (Å²) in [6.07, 6.45) is 1.45. The number of nitrogens with zero attached hydrogens (tertiary/aromatic N) is 1. The van der Waals surface area contributed by atoms with E-state index in [1.807, 2.05) is 30.3 Å². The van der Waals surface area contributed by atoms with Crippen LogP contribution in [-0.4, -0.2) is 22.9 Å². The van der Waals surface area contributed by atoms with Crippen molar-refractivity contribution < 1.29 is 19.2 Å². The number of hydrogen-bond acceptors (Lipinski definition) is 4. The zero-order valence-electron chi connectivity index (χ0n) is 10.8. The number of amides is 2. The van der Waals surface area contributed by atoms with Crippen LogP contribution in [0.1, 0.15) is 17.4 Å². The number of furan rings is 1. The second-order valence-electron chi connectivity index (χ2n) is 4.21. The van der Waals surface area contributed by atoms with Crippen molar-refractivity contribution in [3.8, 4) is 0 Å². The Hall–Kier alpha value is -2.31. The highest BCUT2D eigenvalue weighted by molar-refractivity contribution is 5.71. The lowest BCUT2D eigenvalue weighted by atomic mass is 10.2. The predicted molar refractivity (Wildman–Crippen MR) is 70.8 cm³/mol. The second-order valence-corrected chi connectivity index (χ2v) is 4.21. The van der Waals surface area contributed by atoms with E-state index in [-0.39, 0.29) is 6.61 Å². The lowest BCUT2D eigenvalue weighted by Gasteiger charge is -2.22. The van der Waals surface area contributed by atoms with Crippen molar-refractivity contribution in [3.63, 3.8) is 0 Å². The Morgan fingerprint density at radius 1 is 1.30 bits per heavy atom. The van der Waals surface area contributed by atoms with Gasteiger partial charge in [-0.3, -0.25) is 5.21 Å². The molecular weight excluding hydrogens is 260 g/mol. The quantitative estimate of drug-likeness (QED) is 0.626. The van der Waals surface area contributed by atoms with E-state index in [0.717, 1.165) is 5.56 Å². The smallest absolute Gasteiger partial charge is 0.339 e. The van der Waals surface area contributed by atoms with E-state index in [0.29, 0.717) is 17.4 Å². The van der Waals surface area contributed by atoms with Crippen LogP contribution in [0.25, 0.3) is 0 Å². The molecule has 0 saturated carbocycles. The molecule has 0 aliphatic heterocycles. The lowest BCUT2D eigenvalue weighted by Crippen LogP contribution is -2.38. The summed E-state index contributed by atoms with van der Waals surface area (Å²) in [5.74, 6) is 0.402. The molecule has 0 radical (unpaired) electrons. The van der Waals surface area contributed by atoms with Crippen LogP contribution in [0.3, 0.4) is 0 Å². The molecule has 0 spiro atoms. The van der Waals surface area contributed by atoms with E-state index < -0.39 is 12.1 Å².